The van der Waals surface area contributed by atoms with E-state index >= 15 is 0 Å². The third-order valence-corrected chi connectivity index (χ3v) is 5.41. The Morgan fingerprint density at radius 3 is 2.52 bits per heavy atom. The van der Waals surface area contributed by atoms with Crippen molar-refractivity contribution in [2.45, 2.75) is 72.1 Å². The number of piperazine rings is 1. The summed E-state index contributed by atoms with van der Waals surface area (Å²) in [5.74, 6) is 0. The quantitative estimate of drug-likeness (QED) is 0.926. The van der Waals surface area contributed by atoms with Crippen LogP contribution in [0.2, 0.25) is 5.02 Å². The van der Waals surface area contributed by atoms with E-state index in [2.05, 4.69) is 49.9 Å². The van der Waals surface area contributed by atoms with E-state index in [4.69, 9.17) is 11.6 Å². The molecule has 2 rings (SSSR count). The molecule has 1 saturated heterocycles. The number of aryl methyl sites for hydroxylation is 2. The van der Waals surface area contributed by atoms with Gasteiger partial charge in [0, 0.05) is 37.3 Å². The highest BCUT2D eigenvalue weighted by molar-refractivity contribution is 6.31. The van der Waals surface area contributed by atoms with Crippen LogP contribution >= 0.6 is 11.6 Å². The number of hydrogen-bond donors (Lipinski definition) is 1. The van der Waals surface area contributed by atoms with E-state index in [1.54, 1.807) is 0 Å². The number of halogens is 1. The van der Waals surface area contributed by atoms with Crippen molar-refractivity contribution in [3.63, 3.8) is 0 Å². The lowest BCUT2D eigenvalue weighted by Gasteiger charge is -2.50. The summed E-state index contributed by atoms with van der Waals surface area (Å²) < 4.78 is 2.04. The molecule has 1 aromatic heterocycles. The summed E-state index contributed by atoms with van der Waals surface area (Å²) in [5, 5.41) is 9.07. The average molecular weight is 313 g/mol. The Kier molecular flexibility index (Phi) is 4.72. The van der Waals surface area contributed by atoms with Crippen molar-refractivity contribution < 1.29 is 0 Å². The van der Waals surface area contributed by atoms with Crippen molar-refractivity contribution in [2.24, 2.45) is 0 Å². The SMILES string of the molecule is CCn1nc(C)c(Cl)c1CN1CC(C)(CC)NCC1(C)C. The fourth-order valence-electron chi connectivity index (χ4n) is 2.94. The van der Waals surface area contributed by atoms with Gasteiger partial charge in [-0.2, -0.15) is 5.10 Å². The Morgan fingerprint density at radius 1 is 1.29 bits per heavy atom. The van der Waals surface area contributed by atoms with Crippen LogP contribution in [0.5, 0.6) is 0 Å². The fourth-order valence-corrected chi connectivity index (χ4v) is 3.14. The van der Waals surface area contributed by atoms with Gasteiger partial charge in [0.15, 0.2) is 0 Å². The first-order chi connectivity index (χ1) is 9.72. The normalized spacial score (nSPS) is 26.2. The first-order valence-corrected chi connectivity index (χ1v) is 8.32. The summed E-state index contributed by atoms with van der Waals surface area (Å²) in [4.78, 5) is 2.54. The lowest BCUT2D eigenvalue weighted by molar-refractivity contribution is 0.0227. The summed E-state index contributed by atoms with van der Waals surface area (Å²) in [6.07, 6.45) is 1.12. The van der Waals surface area contributed by atoms with Crippen molar-refractivity contribution in [3.05, 3.63) is 16.4 Å². The van der Waals surface area contributed by atoms with Gasteiger partial charge in [-0.25, -0.2) is 0 Å². The summed E-state index contributed by atoms with van der Waals surface area (Å²) in [5.41, 5.74) is 2.37. The summed E-state index contributed by atoms with van der Waals surface area (Å²) >= 11 is 6.48. The number of aromatic nitrogens is 2. The molecular formula is C16H29ClN4. The summed E-state index contributed by atoms with van der Waals surface area (Å²) in [6.45, 7) is 17.0. The largest absolute Gasteiger partial charge is 0.308 e. The van der Waals surface area contributed by atoms with Gasteiger partial charge in [-0.15, -0.1) is 0 Å². The van der Waals surface area contributed by atoms with Crippen LogP contribution < -0.4 is 5.32 Å². The van der Waals surface area contributed by atoms with E-state index in [0.29, 0.717) is 0 Å². The molecule has 1 aromatic rings. The molecule has 1 aliphatic heterocycles. The monoisotopic (exact) mass is 312 g/mol. The average Bonchev–Trinajstić information content (AvgIpc) is 2.71. The number of nitrogens with zero attached hydrogens (tertiary/aromatic N) is 3. The lowest BCUT2D eigenvalue weighted by Crippen LogP contribution is -2.66. The molecule has 1 unspecified atom stereocenters. The second-order valence-corrected chi connectivity index (χ2v) is 7.48. The first kappa shape index (κ1) is 16.8. The van der Waals surface area contributed by atoms with E-state index in [0.717, 1.165) is 49.0 Å². The molecule has 0 saturated carbocycles. The van der Waals surface area contributed by atoms with E-state index < -0.39 is 0 Å². The van der Waals surface area contributed by atoms with Crippen molar-refractivity contribution in [2.75, 3.05) is 13.1 Å². The molecule has 0 amide bonds. The minimum atomic E-state index is 0.120. The van der Waals surface area contributed by atoms with Gasteiger partial charge in [-0.05, 0) is 41.0 Å². The predicted molar refractivity (Wildman–Crippen MR) is 88.8 cm³/mol. The third kappa shape index (κ3) is 3.27. The Labute approximate surface area is 133 Å². The topological polar surface area (TPSA) is 33.1 Å². The molecule has 1 N–H and O–H groups in total. The molecule has 1 fully saturated rings. The zero-order chi connectivity index (χ0) is 15.8. The fraction of sp³-hybridized carbons (Fsp3) is 0.812. The summed E-state index contributed by atoms with van der Waals surface area (Å²) in [6, 6.07) is 0. The maximum Gasteiger partial charge on any atom is 0.0860 e. The van der Waals surface area contributed by atoms with Gasteiger partial charge in [0.1, 0.15) is 0 Å². The van der Waals surface area contributed by atoms with Crippen LogP contribution in [0.1, 0.15) is 52.4 Å². The lowest BCUT2D eigenvalue weighted by atomic mass is 9.88. The van der Waals surface area contributed by atoms with Gasteiger partial charge >= 0.3 is 0 Å². The highest BCUT2D eigenvalue weighted by Crippen LogP contribution is 2.30. The van der Waals surface area contributed by atoms with Crippen LogP contribution in [-0.4, -0.2) is 38.8 Å². The summed E-state index contributed by atoms with van der Waals surface area (Å²) in [7, 11) is 0. The molecule has 120 valence electrons. The molecule has 4 nitrogen and oxygen atoms in total. The first-order valence-electron chi connectivity index (χ1n) is 7.94. The minimum absolute atomic E-state index is 0.120. The van der Waals surface area contributed by atoms with Crippen molar-refractivity contribution in [1.82, 2.24) is 20.0 Å². The van der Waals surface area contributed by atoms with E-state index in [-0.39, 0.29) is 11.1 Å². The van der Waals surface area contributed by atoms with Crippen LogP contribution in [0.4, 0.5) is 0 Å². The van der Waals surface area contributed by atoms with Crippen LogP contribution in [-0.2, 0) is 13.1 Å². The zero-order valence-corrected chi connectivity index (χ0v) is 15.0. The predicted octanol–water partition coefficient (Wildman–Crippen LogP) is 3.22. The third-order valence-electron chi connectivity index (χ3n) is 4.92. The Hall–Kier alpha value is -0.580. The Balaban J connectivity index is 2.28. The molecule has 0 radical (unpaired) electrons. The zero-order valence-electron chi connectivity index (χ0n) is 14.3. The molecule has 0 aliphatic carbocycles. The molecule has 21 heavy (non-hydrogen) atoms. The van der Waals surface area contributed by atoms with Gasteiger partial charge in [-0.1, -0.05) is 18.5 Å². The molecule has 2 heterocycles. The smallest absolute Gasteiger partial charge is 0.0860 e. The number of rotatable bonds is 4. The van der Waals surface area contributed by atoms with E-state index in [9.17, 15) is 0 Å². The molecule has 1 atom stereocenters. The Bertz CT molecular complexity index is 509. The minimum Gasteiger partial charge on any atom is -0.308 e. The van der Waals surface area contributed by atoms with Crippen molar-refractivity contribution in [3.8, 4) is 0 Å². The molecule has 1 aliphatic rings. The molecule has 0 aromatic carbocycles. The van der Waals surface area contributed by atoms with Crippen molar-refractivity contribution >= 4 is 11.6 Å². The van der Waals surface area contributed by atoms with Crippen LogP contribution in [0.15, 0.2) is 0 Å². The van der Waals surface area contributed by atoms with Crippen LogP contribution in [0, 0.1) is 6.92 Å². The number of nitrogens with one attached hydrogen (secondary N) is 1. The van der Waals surface area contributed by atoms with E-state index in [1.165, 1.54) is 0 Å². The second-order valence-electron chi connectivity index (χ2n) is 7.10. The van der Waals surface area contributed by atoms with Gasteiger partial charge < -0.3 is 5.32 Å². The molecular weight excluding hydrogens is 284 g/mol. The molecule has 0 spiro atoms. The molecule has 0 bridgehead atoms. The van der Waals surface area contributed by atoms with Gasteiger partial charge in [0.25, 0.3) is 0 Å². The maximum atomic E-state index is 6.48. The standard InChI is InChI=1S/C16H29ClN4/c1-7-16(6)11-20(15(4,5)10-18-16)9-13-14(17)12(3)19-21(13)8-2/h18H,7-11H2,1-6H3. The highest BCUT2D eigenvalue weighted by atomic mass is 35.5. The highest BCUT2D eigenvalue weighted by Gasteiger charge is 2.39. The van der Waals surface area contributed by atoms with E-state index in [1.807, 2.05) is 11.6 Å². The molecule has 5 heteroatoms. The van der Waals surface area contributed by atoms with Gasteiger partial charge in [0.05, 0.1) is 16.4 Å². The van der Waals surface area contributed by atoms with Gasteiger partial charge in [0.2, 0.25) is 0 Å². The van der Waals surface area contributed by atoms with Gasteiger partial charge in [-0.3, -0.25) is 9.58 Å². The maximum absolute atomic E-state index is 6.48. The Morgan fingerprint density at radius 2 is 1.95 bits per heavy atom. The van der Waals surface area contributed by atoms with Crippen LogP contribution in [0.25, 0.3) is 0 Å². The van der Waals surface area contributed by atoms with Crippen LogP contribution in [0.3, 0.4) is 0 Å². The second kappa shape index (κ2) is 5.90. The number of hydrogen-bond acceptors (Lipinski definition) is 3. The van der Waals surface area contributed by atoms with Crippen molar-refractivity contribution in [1.29, 1.82) is 0 Å².